The third kappa shape index (κ3) is 7.71. The van der Waals surface area contributed by atoms with Crippen molar-refractivity contribution in [1.82, 2.24) is 16.0 Å². The van der Waals surface area contributed by atoms with Crippen LogP contribution in [0.3, 0.4) is 0 Å². The molecule has 4 N–H and O–H groups in total. The van der Waals surface area contributed by atoms with E-state index in [1.54, 1.807) is 27.7 Å². The highest BCUT2D eigenvalue weighted by Crippen LogP contribution is 2.63. The fourth-order valence-electron chi connectivity index (χ4n) is 7.37. The van der Waals surface area contributed by atoms with Gasteiger partial charge in [0.05, 0.1) is 31.3 Å². The second kappa shape index (κ2) is 15.4. The minimum absolute atomic E-state index is 0.0474. The molecule has 0 spiro atoms. The minimum Gasteiger partial charge on any atom is -0.464 e. The van der Waals surface area contributed by atoms with Crippen molar-refractivity contribution < 1.29 is 43.3 Å². The first-order chi connectivity index (χ1) is 24.8. The number of fused-ring (bicyclic) bond motifs is 1. The molecule has 12 nitrogen and oxygen atoms in total. The number of hydrogen-bond acceptors (Lipinski definition) is 9. The smallest absolute Gasteiger partial charge is 0.408 e. The van der Waals surface area contributed by atoms with Gasteiger partial charge in [-0.2, -0.15) is 0 Å². The number of benzene rings is 3. The van der Waals surface area contributed by atoms with Gasteiger partial charge in [0.15, 0.2) is 0 Å². The number of aliphatic hydroxyl groups excluding tert-OH is 1. The number of carbonyl (C=O) groups excluding carboxylic acids is 5. The van der Waals surface area contributed by atoms with Crippen molar-refractivity contribution in [3.8, 4) is 0 Å². The average molecular weight is 712 g/mol. The van der Waals surface area contributed by atoms with E-state index < -0.39 is 82.8 Å². The Morgan fingerprint density at radius 3 is 1.88 bits per heavy atom. The molecule has 5 rings (SSSR count). The fraction of sp³-hybridized carbons (Fsp3) is 0.375. The Bertz CT molecular complexity index is 1680. The van der Waals surface area contributed by atoms with Crippen molar-refractivity contribution in [3.05, 3.63) is 121 Å². The summed E-state index contributed by atoms with van der Waals surface area (Å²) in [7, 11) is 0. The van der Waals surface area contributed by atoms with Crippen molar-refractivity contribution in [2.45, 2.75) is 69.4 Å². The van der Waals surface area contributed by atoms with E-state index in [0.717, 1.165) is 23.0 Å². The molecule has 52 heavy (non-hydrogen) atoms. The Morgan fingerprint density at radius 1 is 0.904 bits per heavy atom. The molecule has 0 saturated heterocycles. The number of ether oxygens (including phenoxy) is 3. The predicted octanol–water partition coefficient (Wildman–Crippen LogP) is 4.11. The van der Waals surface area contributed by atoms with Crippen LogP contribution < -0.4 is 16.0 Å². The van der Waals surface area contributed by atoms with Crippen molar-refractivity contribution >= 4 is 29.8 Å². The van der Waals surface area contributed by atoms with Gasteiger partial charge in [-0.15, -0.1) is 0 Å². The lowest BCUT2D eigenvalue weighted by molar-refractivity contribution is -0.156. The molecule has 3 aromatic rings. The molecule has 0 radical (unpaired) electrons. The second-order valence-corrected chi connectivity index (χ2v) is 14.0. The number of nitrogens with one attached hydrogen (secondary N) is 3. The zero-order chi connectivity index (χ0) is 37.7. The maximum absolute atomic E-state index is 14.4. The largest absolute Gasteiger partial charge is 0.464 e. The van der Waals surface area contributed by atoms with Crippen molar-refractivity contribution in [2.75, 3.05) is 6.61 Å². The van der Waals surface area contributed by atoms with Gasteiger partial charge in [-0.1, -0.05) is 97.6 Å². The molecule has 274 valence electrons. The molecule has 0 unspecified atom stereocenters. The molecule has 3 amide bonds. The molecule has 6 atom stereocenters. The first-order valence-electron chi connectivity index (χ1n) is 17.2. The SMILES string of the molecule is C=COC(=O)[C@H]1[C@H]2[C@@H]1[C@](NC(=O)[C@H](CC(=O)NC(c1ccccc1)(c1ccccc1)c1ccccc1)NC(=O)OC(C)(C)C)(C(=O)OCC)C[C@@H]2O. The molecular formula is C40H45N3O9. The van der Waals surface area contributed by atoms with Gasteiger partial charge >= 0.3 is 18.0 Å². The average Bonchev–Trinajstić information content (AvgIpc) is 3.81. The molecule has 0 heterocycles. The summed E-state index contributed by atoms with van der Waals surface area (Å²) >= 11 is 0. The van der Waals surface area contributed by atoms with Crippen LogP contribution in [0, 0.1) is 17.8 Å². The van der Waals surface area contributed by atoms with E-state index in [9.17, 15) is 29.1 Å². The van der Waals surface area contributed by atoms with Crippen molar-refractivity contribution in [1.29, 1.82) is 0 Å². The highest BCUT2D eigenvalue weighted by atomic mass is 16.6. The molecular weight excluding hydrogens is 666 g/mol. The van der Waals surface area contributed by atoms with E-state index >= 15 is 0 Å². The first-order valence-corrected chi connectivity index (χ1v) is 17.2. The van der Waals surface area contributed by atoms with Crippen LogP contribution in [0.1, 0.15) is 57.2 Å². The van der Waals surface area contributed by atoms with E-state index in [4.69, 9.17) is 14.2 Å². The van der Waals surface area contributed by atoms with Crippen LogP contribution in [0.2, 0.25) is 0 Å². The molecule has 0 aliphatic heterocycles. The Kier molecular flexibility index (Phi) is 11.2. The Labute approximate surface area is 302 Å². The van der Waals surface area contributed by atoms with Crippen LogP contribution >= 0.6 is 0 Å². The lowest BCUT2D eigenvalue weighted by atomic mass is 9.77. The maximum atomic E-state index is 14.4. The third-order valence-corrected chi connectivity index (χ3v) is 9.42. The van der Waals surface area contributed by atoms with Crippen molar-refractivity contribution in [3.63, 3.8) is 0 Å². The fourth-order valence-corrected chi connectivity index (χ4v) is 7.37. The Morgan fingerprint density at radius 2 is 1.42 bits per heavy atom. The highest BCUT2D eigenvalue weighted by molar-refractivity contribution is 5.97. The molecule has 0 aromatic heterocycles. The Balaban J connectivity index is 1.52. The number of hydrogen-bond donors (Lipinski definition) is 4. The van der Waals surface area contributed by atoms with Gasteiger partial charge in [-0.25, -0.2) is 9.59 Å². The summed E-state index contributed by atoms with van der Waals surface area (Å²) in [6.45, 7) is 9.88. The van der Waals surface area contributed by atoms with Crippen LogP contribution in [0.4, 0.5) is 4.79 Å². The van der Waals surface area contributed by atoms with E-state index in [-0.39, 0.29) is 13.0 Å². The quantitative estimate of drug-likeness (QED) is 0.0883. The van der Waals surface area contributed by atoms with E-state index in [0.29, 0.717) is 0 Å². The summed E-state index contributed by atoms with van der Waals surface area (Å²) in [5.74, 6) is -5.60. The molecule has 2 aliphatic carbocycles. The van der Waals surface area contributed by atoms with Crippen molar-refractivity contribution in [2.24, 2.45) is 17.8 Å². The normalized spacial score (nSPS) is 22.5. The van der Waals surface area contributed by atoms with Gasteiger partial charge in [0.1, 0.15) is 22.7 Å². The summed E-state index contributed by atoms with van der Waals surface area (Å²) in [5.41, 5.74) is -1.82. The monoisotopic (exact) mass is 711 g/mol. The Hall–Kier alpha value is -5.49. The second-order valence-electron chi connectivity index (χ2n) is 14.0. The highest BCUT2D eigenvalue weighted by Gasteiger charge is 2.76. The minimum atomic E-state index is -1.85. The zero-order valence-corrected chi connectivity index (χ0v) is 29.7. The van der Waals surface area contributed by atoms with Gasteiger partial charge in [0.25, 0.3) is 0 Å². The van der Waals surface area contributed by atoms with Crippen LogP contribution in [0.15, 0.2) is 104 Å². The molecule has 2 fully saturated rings. The van der Waals surface area contributed by atoms with Gasteiger partial charge in [-0.05, 0) is 44.4 Å². The molecule has 3 aromatic carbocycles. The zero-order valence-electron chi connectivity index (χ0n) is 29.7. The topological polar surface area (TPSA) is 169 Å². The summed E-state index contributed by atoms with van der Waals surface area (Å²) in [6.07, 6.45) is -2.02. The first kappa shape index (κ1) is 37.8. The summed E-state index contributed by atoms with van der Waals surface area (Å²) in [5, 5.41) is 19.3. The van der Waals surface area contributed by atoms with E-state index in [2.05, 4.69) is 22.5 Å². The van der Waals surface area contributed by atoms with E-state index in [1.165, 1.54) is 0 Å². The van der Waals surface area contributed by atoms with Crippen LogP contribution in [0.25, 0.3) is 0 Å². The number of rotatable bonds is 13. The lowest BCUT2D eigenvalue weighted by Crippen LogP contribution is -2.62. The number of aliphatic hydroxyl groups is 1. The van der Waals surface area contributed by atoms with Crippen LogP contribution in [-0.2, 0) is 38.9 Å². The summed E-state index contributed by atoms with van der Waals surface area (Å²) in [4.78, 5) is 68.2. The van der Waals surface area contributed by atoms with Gasteiger partial charge in [0.2, 0.25) is 11.8 Å². The number of esters is 2. The maximum Gasteiger partial charge on any atom is 0.408 e. The number of alkyl carbamates (subject to hydrolysis) is 1. The number of amides is 3. The summed E-state index contributed by atoms with van der Waals surface area (Å²) < 4.78 is 15.8. The third-order valence-electron chi connectivity index (χ3n) is 9.42. The standard InChI is InChI=1S/C40H45N3O9/c1-6-50-35(47)32-31-29(44)24-39(33(31)32,36(48)51-7-2)43-34(46)28(41-37(49)52-38(3,4)5)23-30(45)42-40(25-17-11-8-12-18-25,26-19-13-9-14-20-26)27-21-15-10-16-22-27/h6,8-22,28-29,31-33,44H,1,7,23-24H2,2-5H3,(H,41,49)(H,42,45)(H,43,46)/t28-,29-,31-,32-,33-,39-/m0/s1. The summed E-state index contributed by atoms with van der Waals surface area (Å²) in [6, 6.07) is 26.5. The van der Waals surface area contributed by atoms with Crippen LogP contribution in [0.5, 0.6) is 0 Å². The molecule has 0 bridgehead atoms. The van der Waals surface area contributed by atoms with Gasteiger partial charge < -0.3 is 35.3 Å². The lowest BCUT2D eigenvalue weighted by Gasteiger charge is -2.37. The molecule has 2 aliphatic rings. The number of carbonyl (C=O) groups is 5. The van der Waals surface area contributed by atoms with Crippen LogP contribution in [-0.4, -0.2) is 64.8 Å². The predicted molar refractivity (Wildman–Crippen MR) is 190 cm³/mol. The van der Waals surface area contributed by atoms with Gasteiger partial charge in [-0.3, -0.25) is 14.4 Å². The van der Waals surface area contributed by atoms with E-state index in [1.807, 2.05) is 91.0 Å². The van der Waals surface area contributed by atoms with Gasteiger partial charge in [0, 0.05) is 18.3 Å². The molecule has 2 saturated carbocycles. The molecule has 12 heteroatoms.